The molecule has 0 radical (unpaired) electrons. The van der Waals surface area contributed by atoms with Crippen LogP contribution in [0.1, 0.15) is 13.8 Å². The molecule has 2 aromatic rings. The molecule has 0 spiro atoms. The molecule has 3 heteroatoms. The van der Waals surface area contributed by atoms with E-state index in [-0.39, 0.29) is 0 Å². The topological polar surface area (TPSA) is 30.4 Å². The van der Waals surface area contributed by atoms with Crippen molar-refractivity contribution in [2.24, 2.45) is 0 Å². The van der Waals surface area contributed by atoms with E-state index in [1.165, 1.54) is 0 Å². The molecule has 0 aromatic carbocycles. The van der Waals surface area contributed by atoms with Crippen molar-refractivity contribution in [1.82, 2.24) is 9.61 Å². The van der Waals surface area contributed by atoms with Crippen molar-refractivity contribution in [3.63, 3.8) is 0 Å². The maximum absolute atomic E-state index is 4.96. The second-order valence-electron chi connectivity index (χ2n) is 1.52. The summed E-state index contributed by atoms with van der Waals surface area (Å²) in [5.41, 5.74) is 0.782. The van der Waals surface area contributed by atoms with Gasteiger partial charge in [0.1, 0.15) is 6.26 Å². The highest BCUT2D eigenvalue weighted by Gasteiger charge is 1.90. The highest BCUT2D eigenvalue weighted by molar-refractivity contribution is 5.29. The molecule has 0 N–H and O–H groups in total. The molecule has 0 bridgehead atoms. The fraction of sp³-hybridized carbons (Fsp3) is 0.286. The van der Waals surface area contributed by atoms with Crippen LogP contribution in [0.5, 0.6) is 0 Å². The van der Waals surface area contributed by atoms with E-state index in [2.05, 4.69) is 5.10 Å². The van der Waals surface area contributed by atoms with Gasteiger partial charge in [-0.1, -0.05) is 13.8 Å². The first kappa shape index (κ1) is 6.86. The van der Waals surface area contributed by atoms with Crippen molar-refractivity contribution >= 4 is 5.71 Å². The first-order valence-corrected chi connectivity index (χ1v) is 3.34. The van der Waals surface area contributed by atoms with Crippen LogP contribution in [0.4, 0.5) is 0 Å². The summed E-state index contributed by atoms with van der Waals surface area (Å²) in [6, 6.07) is 1.81. The molecule has 2 heterocycles. The third-order valence-electron chi connectivity index (χ3n) is 1.02. The van der Waals surface area contributed by atoms with Crippen molar-refractivity contribution in [2.45, 2.75) is 13.8 Å². The van der Waals surface area contributed by atoms with E-state index in [9.17, 15) is 0 Å². The largest absolute Gasteiger partial charge is 0.445 e. The molecular weight excluding hydrogens is 128 g/mol. The Kier molecular flexibility index (Phi) is 2.10. The first-order valence-electron chi connectivity index (χ1n) is 3.34. The zero-order chi connectivity index (χ0) is 7.40. The van der Waals surface area contributed by atoms with Crippen LogP contribution in [0.25, 0.3) is 5.71 Å². The Balaban J connectivity index is 0.000000231. The van der Waals surface area contributed by atoms with Gasteiger partial charge in [-0.25, -0.2) is 4.52 Å². The summed E-state index contributed by atoms with van der Waals surface area (Å²) in [6.45, 7) is 4.00. The second kappa shape index (κ2) is 3.06. The molecule has 54 valence electrons. The molecular formula is C7H10N2O. The van der Waals surface area contributed by atoms with E-state index in [0.717, 1.165) is 5.71 Å². The van der Waals surface area contributed by atoms with Gasteiger partial charge in [-0.2, -0.15) is 5.10 Å². The summed E-state index contributed by atoms with van der Waals surface area (Å²) < 4.78 is 6.62. The standard InChI is InChI=1S/C5H4N2O.C2H6/c1-2-6-7-3-4-8-5(1)7;1-2/h1-4H;1-2H3. The molecule has 0 atom stereocenters. The Morgan fingerprint density at radius 1 is 1.50 bits per heavy atom. The maximum atomic E-state index is 4.96. The number of hydrogen-bond donors (Lipinski definition) is 0. The predicted molar refractivity (Wildman–Crippen MR) is 38.8 cm³/mol. The van der Waals surface area contributed by atoms with Crippen LogP contribution in [0.3, 0.4) is 0 Å². The van der Waals surface area contributed by atoms with Gasteiger partial charge in [0.25, 0.3) is 0 Å². The molecule has 0 amide bonds. The normalized spacial score (nSPS) is 9.00. The third-order valence-corrected chi connectivity index (χ3v) is 1.02. The van der Waals surface area contributed by atoms with Crippen LogP contribution in [-0.4, -0.2) is 9.61 Å². The van der Waals surface area contributed by atoms with Gasteiger partial charge in [-0.3, -0.25) is 0 Å². The molecule has 2 rings (SSSR count). The molecule has 0 saturated heterocycles. The van der Waals surface area contributed by atoms with Crippen molar-refractivity contribution in [1.29, 1.82) is 0 Å². The number of rotatable bonds is 0. The summed E-state index contributed by atoms with van der Waals surface area (Å²) in [7, 11) is 0. The number of aromatic nitrogens is 2. The van der Waals surface area contributed by atoms with E-state index in [1.54, 1.807) is 29.2 Å². The monoisotopic (exact) mass is 138 g/mol. The molecule has 3 nitrogen and oxygen atoms in total. The minimum Gasteiger partial charge on any atom is -0.445 e. The van der Waals surface area contributed by atoms with Crippen LogP contribution < -0.4 is 0 Å². The lowest BCUT2D eigenvalue weighted by Crippen LogP contribution is -1.74. The highest BCUT2D eigenvalue weighted by atomic mass is 16.3. The fourth-order valence-electron chi connectivity index (χ4n) is 0.665. The quantitative estimate of drug-likeness (QED) is 0.557. The lowest BCUT2D eigenvalue weighted by Gasteiger charge is -1.70. The molecule has 0 aliphatic carbocycles. The molecule has 10 heavy (non-hydrogen) atoms. The highest BCUT2D eigenvalue weighted by Crippen LogP contribution is 1.99. The summed E-state index contributed by atoms with van der Waals surface area (Å²) in [5.74, 6) is 0. The van der Waals surface area contributed by atoms with E-state index >= 15 is 0 Å². The van der Waals surface area contributed by atoms with Gasteiger partial charge in [0.05, 0.1) is 12.4 Å². The molecule has 0 aliphatic heterocycles. The molecule has 0 fully saturated rings. The molecule has 0 aliphatic rings. The summed E-state index contributed by atoms with van der Waals surface area (Å²) in [4.78, 5) is 0. The summed E-state index contributed by atoms with van der Waals surface area (Å²) in [5, 5.41) is 3.90. The number of fused-ring (bicyclic) bond motifs is 1. The van der Waals surface area contributed by atoms with Crippen LogP contribution in [0.15, 0.2) is 29.1 Å². The average molecular weight is 138 g/mol. The van der Waals surface area contributed by atoms with Gasteiger partial charge in [-0.05, 0) is 0 Å². The molecule has 0 saturated carbocycles. The van der Waals surface area contributed by atoms with Gasteiger partial charge in [-0.15, -0.1) is 0 Å². The summed E-state index contributed by atoms with van der Waals surface area (Å²) >= 11 is 0. The predicted octanol–water partition coefficient (Wildman–Crippen LogP) is 1.95. The second-order valence-corrected chi connectivity index (χ2v) is 1.52. The Labute approximate surface area is 59.3 Å². The molecule has 0 unspecified atom stereocenters. The van der Waals surface area contributed by atoms with Gasteiger partial charge in [0, 0.05) is 6.07 Å². The maximum Gasteiger partial charge on any atom is 0.221 e. The zero-order valence-electron chi connectivity index (χ0n) is 6.11. The summed E-state index contributed by atoms with van der Waals surface area (Å²) in [6.07, 6.45) is 5.05. The van der Waals surface area contributed by atoms with Gasteiger partial charge in [0.2, 0.25) is 5.71 Å². The van der Waals surface area contributed by atoms with Crippen LogP contribution >= 0.6 is 0 Å². The van der Waals surface area contributed by atoms with Crippen LogP contribution in [0.2, 0.25) is 0 Å². The van der Waals surface area contributed by atoms with E-state index in [0.29, 0.717) is 0 Å². The average Bonchev–Trinajstić information content (AvgIpc) is 2.49. The minimum atomic E-state index is 0.782. The Morgan fingerprint density at radius 3 is 3.00 bits per heavy atom. The van der Waals surface area contributed by atoms with Crippen molar-refractivity contribution in [2.75, 3.05) is 0 Å². The van der Waals surface area contributed by atoms with E-state index in [1.807, 2.05) is 13.8 Å². The number of hydrogen-bond acceptors (Lipinski definition) is 2. The smallest absolute Gasteiger partial charge is 0.221 e. The van der Waals surface area contributed by atoms with Crippen molar-refractivity contribution < 1.29 is 4.42 Å². The Bertz CT molecular complexity index is 233. The zero-order valence-corrected chi connectivity index (χ0v) is 6.11. The van der Waals surface area contributed by atoms with Gasteiger partial charge >= 0.3 is 0 Å². The van der Waals surface area contributed by atoms with Gasteiger partial charge < -0.3 is 4.42 Å². The number of oxazole rings is 1. The molecule has 2 aromatic heterocycles. The first-order chi connectivity index (χ1) is 4.97. The lowest BCUT2D eigenvalue weighted by atomic mass is 10.7. The SMILES string of the molecule is CC.c1cc2occn2n1. The fourth-order valence-corrected chi connectivity index (χ4v) is 0.665. The van der Waals surface area contributed by atoms with Gasteiger partial charge in [0.15, 0.2) is 0 Å². The Hall–Kier alpha value is -1.25. The minimum absolute atomic E-state index is 0.782. The van der Waals surface area contributed by atoms with Crippen LogP contribution in [-0.2, 0) is 0 Å². The van der Waals surface area contributed by atoms with Crippen molar-refractivity contribution in [3.05, 3.63) is 24.7 Å². The lowest BCUT2D eigenvalue weighted by molar-refractivity contribution is 0.606. The Morgan fingerprint density at radius 2 is 2.30 bits per heavy atom. The number of nitrogens with zero attached hydrogens (tertiary/aromatic N) is 2. The van der Waals surface area contributed by atoms with E-state index < -0.39 is 0 Å². The third kappa shape index (κ3) is 1.03. The van der Waals surface area contributed by atoms with Crippen LogP contribution in [0, 0.1) is 0 Å². The van der Waals surface area contributed by atoms with E-state index in [4.69, 9.17) is 4.42 Å². The van der Waals surface area contributed by atoms with Crippen molar-refractivity contribution in [3.8, 4) is 0 Å².